The zero-order valence-electron chi connectivity index (χ0n) is 17.6. The Bertz CT molecular complexity index is 1060. The van der Waals surface area contributed by atoms with Crippen LogP contribution in [0.2, 0.25) is 0 Å². The number of likely N-dealkylation sites (tertiary alicyclic amines) is 1. The number of ether oxygens (including phenoxy) is 1. The zero-order chi connectivity index (χ0) is 21.6. The van der Waals surface area contributed by atoms with Crippen LogP contribution in [0, 0.1) is 6.92 Å². The van der Waals surface area contributed by atoms with E-state index in [2.05, 4.69) is 5.32 Å². The molecule has 0 bridgehead atoms. The summed E-state index contributed by atoms with van der Waals surface area (Å²) < 4.78 is 5.75. The van der Waals surface area contributed by atoms with Crippen molar-refractivity contribution in [2.45, 2.75) is 26.4 Å². The molecular formula is C26H26N2O3. The Kier molecular flexibility index (Phi) is 6.32. The predicted molar refractivity (Wildman–Crippen MR) is 121 cm³/mol. The van der Waals surface area contributed by atoms with Gasteiger partial charge in [-0.3, -0.25) is 9.59 Å². The first kappa shape index (κ1) is 20.7. The molecule has 0 aliphatic carbocycles. The third-order valence-corrected chi connectivity index (χ3v) is 5.50. The molecule has 3 aromatic rings. The maximum atomic E-state index is 12.9. The molecule has 4 rings (SSSR count). The van der Waals surface area contributed by atoms with Gasteiger partial charge in [0.1, 0.15) is 12.4 Å². The molecule has 0 aromatic heterocycles. The molecule has 158 valence electrons. The third-order valence-electron chi connectivity index (χ3n) is 5.50. The lowest BCUT2D eigenvalue weighted by molar-refractivity contribution is 0.0793. The molecule has 1 N–H and O–H groups in total. The van der Waals surface area contributed by atoms with E-state index >= 15 is 0 Å². The Hall–Kier alpha value is -3.60. The summed E-state index contributed by atoms with van der Waals surface area (Å²) in [5, 5.41) is 2.96. The zero-order valence-corrected chi connectivity index (χ0v) is 17.6. The smallest absolute Gasteiger partial charge is 0.255 e. The number of nitrogens with zero attached hydrogens (tertiary/aromatic N) is 1. The molecular weight excluding hydrogens is 388 g/mol. The molecule has 3 aromatic carbocycles. The lowest BCUT2D eigenvalue weighted by Gasteiger charge is -2.19. The second-order valence-electron chi connectivity index (χ2n) is 7.75. The number of aryl methyl sites for hydroxylation is 1. The van der Waals surface area contributed by atoms with E-state index in [0.29, 0.717) is 23.4 Å². The molecule has 5 nitrogen and oxygen atoms in total. The Morgan fingerprint density at radius 1 is 0.903 bits per heavy atom. The minimum Gasteiger partial charge on any atom is -0.489 e. The average Bonchev–Trinajstić information content (AvgIpc) is 3.34. The molecule has 1 heterocycles. The van der Waals surface area contributed by atoms with Gasteiger partial charge in [-0.25, -0.2) is 0 Å². The van der Waals surface area contributed by atoms with Gasteiger partial charge in [0, 0.05) is 18.7 Å². The number of anilines is 1. The van der Waals surface area contributed by atoms with Crippen LogP contribution >= 0.6 is 0 Å². The molecule has 1 saturated heterocycles. The number of rotatable bonds is 6. The molecule has 0 saturated carbocycles. The molecule has 0 radical (unpaired) electrons. The van der Waals surface area contributed by atoms with Crippen LogP contribution < -0.4 is 10.1 Å². The summed E-state index contributed by atoms with van der Waals surface area (Å²) in [4.78, 5) is 27.7. The fraction of sp³-hybridized carbons (Fsp3) is 0.231. The van der Waals surface area contributed by atoms with E-state index in [-0.39, 0.29) is 11.8 Å². The highest BCUT2D eigenvalue weighted by atomic mass is 16.5. The van der Waals surface area contributed by atoms with Crippen molar-refractivity contribution in [2.75, 3.05) is 18.4 Å². The molecule has 0 spiro atoms. The molecule has 31 heavy (non-hydrogen) atoms. The third kappa shape index (κ3) is 4.94. The van der Waals surface area contributed by atoms with Gasteiger partial charge < -0.3 is 15.0 Å². The van der Waals surface area contributed by atoms with Crippen LogP contribution in [0.4, 0.5) is 5.69 Å². The lowest BCUT2D eigenvalue weighted by atomic mass is 10.1. The maximum Gasteiger partial charge on any atom is 0.255 e. The molecule has 1 aliphatic heterocycles. The summed E-state index contributed by atoms with van der Waals surface area (Å²) in [6.07, 6.45) is 2.05. The van der Waals surface area contributed by atoms with E-state index in [1.807, 2.05) is 66.4 Å². The number of carbonyl (C=O) groups is 2. The lowest BCUT2D eigenvalue weighted by Crippen LogP contribution is -2.29. The van der Waals surface area contributed by atoms with Crippen molar-refractivity contribution in [1.29, 1.82) is 0 Å². The van der Waals surface area contributed by atoms with E-state index in [1.54, 1.807) is 18.2 Å². The molecule has 1 fully saturated rings. The molecule has 0 unspecified atom stereocenters. The van der Waals surface area contributed by atoms with E-state index in [4.69, 9.17) is 4.74 Å². The summed E-state index contributed by atoms with van der Waals surface area (Å²) in [6.45, 7) is 3.87. The van der Waals surface area contributed by atoms with Gasteiger partial charge in [0.2, 0.25) is 0 Å². The number of hydrogen-bond donors (Lipinski definition) is 1. The van der Waals surface area contributed by atoms with Crippen molar-refractivity contribution in [2.24, 2.45) is 0 Å². The van der Waals surface area contributed by atoms with Crippen molar-refractivity contribution < 1.29 is 14.3 Å². The van der Waals surface area contributed by atoms with Crippen molar-refractivity contribution in [3.63, 3.8) is 0 Å². The predicted octanol–water partition coefficient (Wildman–Crippen LogP) is 5.06. The van der Waals surface area contributed by atoms with Crippen LogP contribution in [0.25, 0.3) is 0 Å². The van der Waals surface area contributed by atoms with Crippen LogP contribution in [0.15, 0.2) is 72.8 Å². The van der Waals surface area contributed by atoms with Crippen LogP contribution in [0.5, 0.6) is 5.75 Å². The summed E-state index contributed by atoms with van der Waals surface area (Å²) in [5.41, 5.74) is 3.50. The van der Waals surface area contributed by atoms with Crippen molar-refractivity contribution in [1.82, 2.24) is 4.90 Å². The van der Waals surface area contributed by atoms with Crippen molar-refractivity contribution in [3.8, 4) is 5.75 Å². The van der Waals surface area contributed by atoms with Gasteiger partial charge in [-0.1, -0.05) is 42.5 Å². The Labute approximate surface area is 182 Å². The first-order valence-corrected chi connectivity index (χ1v) is 10.6. The summed E-state index contributed by atoms with van der Waals surface area (Å²) in [6, 6.07) is 22.5. The van der Waals surface area contributed by atoms with E-state index in [1.165, 1.54) is 0 Å². The Balaban J connectivity index is 1.45. The number of nitrogens with one attached hydrogen (secondary N) is 1. The van der Waals surface area contributed by atoms with Crippen LogP contribution in [-0.2, 0) is 6.61 Å². The number of benzene rings is 3. The summed E-state index contributed by atoms with van der Waals surface area (Å²) >= 11 is 0. The highest BCUT2D eigenvalue weighted by Crippen LogP contribution is 2.25. The van der Waals surface area contributed by atoms with Crippen molar-refractivity contribution in [3.05, 3.63) is 95.1 Å². The van der Waals surface area contributed by atoms with Crippen molar-refractivity contribution >= 4 is 17.5 Å². The first-order chi connectivity index (χ1) is 15.1. The fourth-order valence-corrected chi connectivity index (χ4v) is 3.72. The summed E-state index contributed by atoms with van der Waals surface area (Å²) in [5.74, 6) is 0.546. The van der Waals surface area contributed by atoms with E-state index in [0.717, 1.165) is 42.8 Å². The molecule has 2 amide bonds. The fourth-order valence-electron chi connectivity index (χ4n) is 3.72. The molecule has 5 heteroatoms. The Morgan fingerprint density at radius 3 is 2.32 bits per heavy atom. The van der Waals surface area contributed by atoms with Gasteiger partial charge in [-0.2, -0.15) is 0 Å². The topological polar surface area (TPSA) is 58.6 Å². The largest absolute Gasteiger partial charge is 0.489 e. The van der Waals surface area contributed by atoms with Crippen LogP contribution in [-0.4, -0.2) is 29.8 Å². The van der Waals surface area contributed by atoms with Gasteiger partial charge in [-0.05, 0) is 61.2 Å². The van der Waals surface area contributed by atoms with Gasteiger partial charge in [0.15, 0.2) is 0 Å². The summed E-state index contributed by atoms with van der Waals surface area (Å²) in [7, 11) is 0. The standard InChI is InChI=1S/C26H26N2O3/c1-19-8-7-11-23(26(30)28-16-5-6-17-28)24(19)27-25(29)21-14-12-20(13-15-21)18-31-22-9-3-2-4-10-22/h2-4,7-15H,5-6,16-18H2,1H3,(H,27,29). The normalized spacial score (nSPS) is 13.1. The van der Waals surface area contributed by atoms with Gasteiger partial charge in [-0.15, -0.1) is 0 Å². The average molecular weight is 415 g/mol. The SMILES string of the molecule is Cc1cccc(C(=O)N2CCCC2)c1NC(=O)c1ccc(COc2ccccc2)cc1. The molecule has 1 aliphatic rings. The number of para-hydroxylation sites is 2. The van der Waals surface area contributed by atoms with Gasteiger partial charge in [0.25, 0.3) is 11.8 Å². The second kappa shape index (κ2) is 9.47. The van der Waals surface area contributed by atoms with Crippen LogP contribution in [0.1, 0.15) is 44.7 Å². The maximum absolute atomic E-state index is 12.9. The van der Waals surface area contributed by atoms with E-state index in [9.17, 15) is 9.59 Å². The quantitative estimate of drug-likeness (QED) is 0.613. The number of carbonyl (C=O) groups excluding carboxylic acids is 2. The minimum atomic E-state index is -0.236. The highest BCUT2D eigenvalue weighted by Gasteiger charge is 2.23. The van der Waals surface area contributed by atoms with Crippen LogP contribution in [0.3, 0.4) is 0 Å². The van der Waals surface area contributed by atoms with Gasteiger partial charge in [0.05, 0.1) is 11.3 Å². The Morgan fingerprint density at radius 2 is 1.61 bits per heavy atom. The van der Waals surface area contributed by atoms with Gasteiger partial charge >= 0.3 is 0 Å². The number of hydrogen-bond acceptors (Lipinski definition) is 3. The highest BCUT2D eigenvalue weighted by molar-refractivity contribution is 6.09. The minimum absolute atomic E-state index is 0.0232. The van der Waals surface area contributed by atoms with E-state index < -0.39 is 0 Å². The molecule has 0 atom stereocenters. The second-order valence-corrected chi connectivity index (χ2v) is 7.75. The first-order valence-electron chi connectivity index (χ1n) is 10.6. The number of amides is 2. The monoisotopic (exact) mass is 414 g/mol.